The predicted octanol–water partition coefficient (Wildman–Crippen LogP) is 13.3. The fourth-order valence-electron chi connectivity index (χ4n) is 9.42. The van der Waals surface area contributed by atoms with Crippen LogP contribution < -0.4 is 0 Å². The Morgan fingerprint density at radius 1 is 0.379 bits per heavy atom. The molecular weight excluding hydrogens is 711 g/mol. The highest BCUT2D eigenvalue weighted by Crippen LogP contribution is 2.43. The highest BCUT2D eigenvalue weighted by Gasteiger charge is 2.22. The number of aromatic nitrogens is 5. The fraction of sp³-hybridized carbons (Fsp3) is 0. The number of para-hydroxylation sites is 6. The SMILES string of the molecule is c1ccc(-n2c3ccccc3c3cc(-n4c5ccccc5c5ccccc54)c(-c4ccc5oc6cnc(-n7c8ccccc8c8ccccc87)nc6c5c4)cc32)cc1. The van der Waals surface area contributed by atoms with Gasteiger partial charge in [0.2, 0.25) is 5.95 Å². The summed E-state index contributed by atoms with van der Waals surface area (Å²) in [5.74, 6) is 0.609. The van der Waals surface area contributed by atoms with Crippen molar-refractivity contribution in [3.05, 3.63) is 188 Å². The first-order valence-corrected chi connectivity index (χ1v) is 19.6. The second-order valence-corrected chi connectivity index (χ2v) is 15.0. The summed E-state index contributed by atoms with van der Waals surface area (Å²) in [6.07, 6.45) is 1.81. The fourth-order valence-corrected chi connectivity index (χ4v) is 9.42. The van der Waals surface area contributed by atoms with Crippen LogP contribution in [0.1, 0.15) is 0 Å². The van der Waals surface area contributed by atoms with E-state index in [9.17, 15) is 0 Å². The van der Waals surface area contributed by atoms with Crippen molar-refractivity contribution in [1.82, 2.24) is 23.7 Å². The largest absolute Gasteiger partial charge is 0.453 e. The number of nitrogens with zero attached hydrogens (tertiary/aromatic N) is 5. The summed E-state index contributed by atoms with van der Waals surface area (Å²) in [6, 6.07) is 65.0. The predicted molar refractivity (Wildman–Crippen MR) is 238 cm³/mol. The van der Waals surface area contributed by atoms with Crippen LogP contribution in [0.5, 0.6) is 0 Å². The van der Waals surface area contributed by atoms with Gasteiger partial charge < -0.3 is 13.6 Å². The smallest absolute Gasteiger partial charge is 0.235 e. The number of benzene rings is 8. The normalized spacial score (nSPS) is 12.1. The van der Waals surface area contributed by atoms with Crippen LogP contribution in [0.15, 0.2) is 193 Å². The highest BCUT2D eigenvalue weighted by atomic mass is 16.3. The Hall–Kier alpha value is -7.96. The van der Waals surface area contributed by atoms with E-state index in [0.717, 1.165) is 66.6 Å². The van der Waals surface area contributed by atoms with Crippen molar-refractivity contribution in [2.45, 2.75) is 0 Å². The summed E-state index contributed by atoms with van der Waals surface area (Å²) < 4.78 is 13.4. The van der Waals surface area contributed by atoms with Gasteiger partial charge in [0.15, 0.2) is 5.58 Å². The minimum Gasteiger partial charge on any atom is -0.453 e. The van der Waals surface area contributed by atoms with E-state index in [4.69, 9.17) is 14.4 Å². The van der Waals surface area contributed by atoms with Crippen molar-refractivity contribution >= 4 is 87.5 Å². The zero-order valence-electron chi connectivity index (χ0n) is 31.0. The zero-order valence-corrected chi connectivity index (χ0v) is 31.0. The molecule has 0 amide bonds. The van der Waals surface area contributed by atoms with E-state index in [1.165, 1.54) is 37.8 Å². The highest BCUT2D eigenvalue weighted by molar-refractivity contribution is 6.15. The van der Waals surface area contributed by atoms with Crippen LogP contribution in [-0.2, 0) is 0 Å². The Bertz CT molecular complexity index is 3700. The molecule has 0 unspecified atom stereocenters. The lowest BCUT2D eigenvalue weighted by Gasteiger charge is -2.16. The van der Waals surface area contributed by atoms with Crippen molar-refractivity contribution in [3.63, 3.8) is 0 Å². The van der Waals surface area contributed by atoms with Gasteiger partial charge in [0.25, 0.3) is 0 Å². The van der Waals surface area contributed by atoms with Gasteiger partial charge in [0.05, 0.1) is 45.0 Å². The molecule has 0 spiro atoms. The second kappa shape index (κ2) is 11.8. The minimum atomic E-state index is 0.609. The molecule has 0 aliphatic rings. The van der Waals surface area contributed by atoms with Gasteiger partial charge in [-0.25, -0.2) is 9.97 Å². The molecule has 0 atom stereocenters. The molecule has 6 nitrogen and oxygen atoms in total. The molecule has 6 heteroatoms. The van der Waals surface area contributed by atoms with E-state index in [1.807, 2.05) is 6.20 Å². The summed E-state index contributed by atoms with van der Waals surface area (Å²) in [5, 5.41) is 8.12. The molecule has 13 aromatic rings. The number of fused-ring (bicyclic) bond motifs is 12. The molecule has 8 aromatic carbocycles. The van der Waals surface area contributed by atoms with E-state index >= 15 is 0 Å². The molecule has 13 rings (SSSR count). The van der Waals surface area contributed by atoms with Crippen LogP contribution in [0.2, 0.25) is 0 Å². The molecule has 0 saturated carbocycles. The van der Waals surface area contributed by atoms with Crippen molar-refractivity contribution in [2.24, 2.45) is 0 Å². The van der Waals surface area contributed by atoms with Crippen LogP contribution in [-0.4, -0.2) is 23.7 Å². The van der Waals surface area contributed by atoms with Gasteiger partial charge in [-0.3, -0.25) is 4.57 Å². The van der Waals surface area contributed by atoms with Gasteiger partial charge in [-0.1, -0.05) is 115 Å². The number of hydrogen-bond donors (Lipinski definition) is 0. The standard InChI is InChI=1S/C52H31N5O/c1-2-14-33(15-3-1)55-42-21-9-8-20-38(42)40-30-47(56-43-22-10-4-16-34(43)35-17-5-11-23-44(35)56)39(29-48(40)55)32-26-27-49-41(28-32)51-50(58-49)31-53-52(54-51)57-45-24-12-6-18-36(45)37-19-7-13-25-46(37)57/h1-31H. The first-order valence-electron chi connectivity index (χ1n) is 19.6. The molecule has 270 valence electrons. The Morgan fingerprint density at radius 3 is 1.50 bits per heavy atom. The average Bonchev–Trinajstić information content (AvgIpc) is 4.02. The maximum Gasteiger partial charge on any atom is 0.235 e. The Labute approximate surface area is 331 Å². The minimum absolute atomic E-state index is 0.609. The molecule has 0 aliphatic carbocycles. The molecular formula is C52H31N5O. The molecule has 58 heavy (non-hydrogen) atoms. The summed E-state index contributed by atoms with van der Waals surface area (Å²) in [5.41, 5.74) is 13.4. The lowest BCUT2D eigenvalue weighted by molar-refractivity contribution is 0.665. The topological polar surface area (TPSA) is 53.7 Å². The van der Waals surface area contributed by atoms with Gasteiger partial charge in [0.1, 0.15) is 11.1 Å². The van der Waals surface area contributed by atoms with E-state index < -0.39 is 0 Å². The zero-order chi connectivity index (χ0) is 37.9. The van der Waals surface area contributed by atoms with Crippen LogP contribution in [0, 0.1) is 0 Å². The van der Waals surface area contributed by atoms with Crippen LogP contribution in [0.3, 0.4) is 0 Å². The second-order valence-electron chi connectivity index (χ2n) is 15.0. The van der Waals surface area contributed by atoms with Crippen LogP contribution in [0.25, 0.3) is 116 Å². The van der Waals surface area contributed by atoms with Gasteiger partial charge in [-0.05, 0) is 72.3 Å². The summed E-state index contributed by atoms with van der Waals surface area (Å²) >= 11 is 0. The molecule has 0 bridgehead atoms. The van der Waals surface area contributed by atoms with E-state index in [-0.39, 0.29) is 0 Å². The van der Waals surface area contributed by atoms with Gasteiger partial charge in [0, 0.05) is 49.0 Å². The molecule has 0 aliphatic heterocycles. The van der Waals surface area contributed by atoms with E-state index in [0.29, 0.717) is 11.5 Å². The number of hydrogen-bond acceptors (Lipinski definition) is 3. The third-order valence-electron chi connectivity index (χ3n) is 11.9. The Kier molecular flexibility index (Phi) is 6.35. The third kappa shape index (κ3) is 4.31. The van der Waals surface area contributed by atoms with Crippen LogP contribution >= 0.6 is 0 Å². The first kappa shape index (κ1) is 31.3. The van der Waals surface area contributed by atoms with Crippen molar-refractivity contribution in [2.75, 3.05) is 0 Å². The molecule has 5 aromatic heterocycles. The molecule has 0 saturated heterocycles. The van der Waals surface area contributed by atoms with E-state index in [2.05, 4.69) is 196 Å². The summed E-state index contributed by atoms with van der Waals surface area (Å²) in [4.78, 5) is 10.2. The van der Waals surface area contributed by atoms with Crippen molar-refractivity contribution < 1.29 is 4.42 Å². The first-order chi connectivity index (χ1) is 28.8. The Balaban J connectivity index is 1.12. The summed E-state index contributed by atoms with van der Waals surface area (Å²) in [6.45, 7) is 0. The average molecular weight is 742 g/mol. The lowest BCUT2D eigenvalue weighted by atomic mass is 9.99. The molecule has 0 N–H and O–H groups in total. The number of rotatable bonds is 4. The third-order valence-corrected chi connectivity index (χ3v) is 11.9. The number of furan rings is 1. The molecule has 5 heterocycles. The maximum atomic E-state index is 6.45. The van der Waals surface area contributed by atoms with Gasteiger partial charge >= 0.3 is 0 Å². The lowest BCUT2D eigenvalue weighted by Crippen LogP contribution is -2.00. The maximum absolute atomic E-state index is 6.45. The van der Waals surface area contributed by atoms with Crippen molar-refractivity contribution in [3.8, 4) is 28.5 Å². The van der Waals surface area contributed by atoms with E-state index in [1.54, 1.807) is 0 Å². The van der Waals surface area contributed by atoms with Gasteiger partial charge in [-0.15, -0.1) is 0 Å². The molecule has 0 radical (unpaired) electrons. The van der Waals surface area contributed by atoms with Crippen LogP contribution in [0.4, 0.5) is 0 Å². The van der Waals surface area contributed by atoms with Gasteiger partial charge in [-0.2, -0.15) is 0 Å². The monoisotopic (exact) mass is 741 g/mol. The van der Waals surface area contributed by atoms with Crippen molar-refractivity contribution in [1.29, 1.82) is 0 Å². The molecule has 0 fully saturated rings. The quantitative estimate of drug-likeness (QED) is 0.180. The Morgan fingerprint density at radius 2 is 0.897 bits per heavy atom. The summed E-state index contributed by atoms with van der Waals surface area (Å²) in [7, 11) is 0.